The van der Waals surface area contributed by atoms with E-state index in [1.54, 1.807) is 26.2 Å². The van der Waals surface area contributed by atoms with Crippen LogP contribution in [0.2, 0.25) is 0 Å². The molecule has 2 nitrogen and oxygen atoms in total. The third-order valence-corrected chi connectivity index (χ3v) is 8.00. The molecule has 0 saturated carbocycles. The summed E-state index contributed by atoms with van der Waals surface area (Å²) in [5, 5.41) is -0.159. The van der Waals surface area contributed by atoms with Crippen LogP contribution in [0.4, 0.5) is 13.2 Å². The number of benzene rings is 2. The van der Waals surface area contributed by atoms with E-state index in [1.165, 1.54) is 6.07 Å². The quantitative estimate of drug-likeness (QED) is 0.187. The van der Waals surface area contributed by atoms with Gasteiger partial charge in [-0.25, -0.2) is 0 Å². The van der Waals surface area contributed by atoms with Crippen LogP contribution in [0.25, 0.3) is 0 Å². The summed E-state index contributed by atoms with van der Waals surface area (Å²) in [7, 11) is 1.51. The Morgan fingerprint density at radius 2 is 1.59 bits per heavy atom. The number of halogens is 3. The highest BCUT2D eigenvalue weighted by Crippen LogP contribution is 2.51. The molecule has 0 heterocycles. The molecule has 0 N–H and O–H groups in total. The summed E-state index contributed by atoms with van der Waals surface area (Å²) in [6.07, 6.45) is -0.592. The fraction of sp³-hybridized carbons (Fsp3) is 0.571. The van der Waals surface area contributed by atoms with Crippen LogP contribution < -0.4 is 10.0 Å². The van der Waals surface area contributed by atoms with Crippen molar-refractivity contribution < 1.29 is 22.6 Å². The van der Waals surface area contributed by atoms with E-state index in [0.29, 0.717) is 10.9 Å². The van der Waals surface area contributed by atoms with Crippen LogP contribution in [0, 0.1) is 13.8 Å². The number of rotatable bonds is 10. The summed E-state index contributed by atoms with van der Waals surface area (Å²) in [4.78, 5) is 0. The molecule has 2 aromatic rings. The summed E-state index contributed by atoms with van der Waals surface area (Å²) in [6.45, 7) is 14.5. The van der Waals surface area contributed by atoms with Crippen LogP contribution in [0.1, 0.15) is 88.1 Å². The number of unbranched alkanes of at least 4 members (excludes halogenated alkanes) is 2. The molecule has 2 rings (SSSR count). The summed E-state index contributed by atoms with van der Waals surface area (Å²) in [5.41, 5.74) is 3.08. The Balaban J connectivity index is 2.74. The van der Waals surface area contributed by atoms with Crippen molar-refractivity contribution in [3.63, 3.8) is 0 Å². The maximum atomic E-state index is 14.0. The van der Waals surface area contributed by atoms with Gasteiger partial charge in [-0.2, -0.15) is 13.2 Å². The second-order valence-electron chi connectivity index (χ2n) is 10.4. The molecular formula is C28H40F3O2P. The molecular weight excluding hydrogens is 456 g/mol. The molecule has 0 aliphatic heterocycles. The predicted octanol–water partition coefficient (Wildman–Crippen LogP) is 8.40. The molecule has 2 aromatic carbocycles. The molecule has 0 fully saturated rings. The first kappa shape index (κ1) is 28.7. The zero-order valence-corrected chi connectivity index (χ0v) is 22.9. The second kappa shape index (κ2) is 11.4. The van der Waals surface area contributed by atoms with Gasteiger partial charge < -0.3 is 9.47 Å². The number of alkyl halides is 3. The lowest BCUT2D eigenvalue weighted by Crippen LogP contribution is -2.26. The van der Waals surface area contributed by atoms with E-state index >= 15 is 0 Å². The topological polar surface area (TPSA) is 18.5 Å². The summed E-state index contributed by atoms with van der Waals surface area (Å²) in [5.74, 6) is 0.724. The molecule has 2 atom stereocenters. The van der Waals surface area contributed by atoms with Crippen LogP contribution in [-0.4, -0.2) is 13.9 Å². The maximum Gasteiger partial charge on any atom is 0.417 e. The molecule has 0 aromatic heterocycles. The van der Waals surface area contributed by atoms with Crippen LogP contribution in [0.15, 0.2) is 30.3 Å². The van der Waals surface area contributed by atoms with E-state index < -0.39 is 16.9 Å². The number of aryl methyl sites for hydroxylation is 2. The zero-order chi connectivity index (χ0) is 25.7. The van der Waals surface area contributed by atoms with Crippen molar-refractivity contribution in [2.75, 3.05) is 13.9 Å². The Labute approximate surface area is 205 Å². The molecule has 0 spiro atoms. The SMILES string of the molecule is CCCCCC(C)(Pc1ccc(C)cc1C(F)(F)F)c1cc(C(C)(C)C)cc(C)c1OCOC. The minimum atomic E-state index is -4.39. The van der Waals surface area contributed by atoms with Crippen LogP contribution in [0.3, 0.4) is 0 Å². The molecule has 34 heavy (non-hydrogen) atoms. The van der Waals surface area contributed by atoms with E-state index in [4.69, 9.17) is 9.47 Å². The van der Waals surface area contributed by atoms with Gasteiger partial charge in [-0.1, -0.05) is 92.3 Å². The van der Waals surface area contributed by atoms with E-state index in [0.717, 1.165) is 48.1 Å². The zero-order valence-electron chi connectivity index (χ0n) is 21.9. The fourth-order valence-corrected chi connectivity index (χ4v) is 5.95. The van der Waals surface area contributed by atoms with Gasteiger partial charge in [-0.15, -0.1) is 0 Å². The second-order valence-corrected chi connectivity index (χ2v) is 12.3. The third kappa shape index (κ3) is 7.21. The van der Waals surface area contributed by atoms with Gasteiger partial charge in [0.15, 0.2) is 6.79 Å². The molecule has 0 bridgehead atoms. The van der Waals surface area contributed by atoms with Crippen LogP contribution in [0.5, 0.6) is 5.75 Å². The highest BCUT2D eigenvalue weighted by atomic mass is 31.1. The molecule has 2 unspecified atom stereocenters. The molecule has 0 saturated heterocycles. The fourth-order valence-electron chi connectivity index (χ4n) is 4.22. The first-order valence-corrected chi connectivity index (χ1v) is 13.0. The average Bonchev–Trinajstić information content (AvgIpc) is 2.72. The van der Waals surface area contributed by atoms with E-state index in [2.05, 4.69) is 46.8 Å². The molecule has 0 aliphatic carbocycles. The Bertz CT molecular complexity index is 963. The minimum Gasteiger partial charge on any atom is -0.467 e. The lowest BCUT2D eigenvalue weighted by Gasteiger charge is -2.35. The van der Waals surface area contributed by atoms with Gasteiger partial charge in [0.25, 0.3) is 0 Å². The van der Waals surface area contributed by atoms with Crippen LogP contribution in [-0.2, 0) is 21.5 Å². The summed E-state index contributed by atoms with van der Waals surface area (Å²) in [6, 6.07) is 8.98. The monoisotopic (exact) mass is 496 g/mol. The maximum absolute atomic E-state index is 14.0. The highest BCUT2D eigenvalue weighted by Gasteiger charge is 2.38. The molecule has 0 amide bonds. The van der Waals surface area contributed by atoms with Gasteiger partial charge in [-0.3, -0.25) is 0 Å². The van der Waals surface area contributed by atoms with Gasteiger partial charge >= 0.3 is 6.18 Å². The van der Waals surface area contributed by atoms with Crippen molar-refractivity contribution in [2.45, 2.75) is 90.9 Å². The van der Waals surface area contributed by atoms with Crippen molar-refractivity contribution >= 4 is 13.9 Å². The first-order chi connectivity index (χ1) is 15.7. The van der Waals surface area contributed by atoms with E-state index in [9.17, 15) is 13.2 Å². The Morgan fingerprint density at radius 1 is 0.912 bits per heavy atom. The Kier molecular flexibility index (Phi) is 9.64. The molecule has 6 heteroatoms. The van der Waals surface area contributed by atoms with Crippen molar-refractivity contribution in [2.24, 2.45) is 0 Å². The van der Waals surface area contributed by atoms with Gasteiger partial charge in [-0.05, 0) is 48.2 Å². The lowest BCUT2D eigenvalue weighted by atomic mass is 9.82. The molecule has 0 aliphatic rings. The predicted molar refractivity (Wildman–Crippen MR) is 138 cm³/mol. The summed E-state index contributed by atoms with van der Waals surface area (Å²) < 4.78 is 53.3. The number of methoxy groups -OCH3 is 1. The highest BCUT2D eigenvalue weighted by molar-refractivity contribution is 7.48. The van der Waals surface area contributed by atoms with Crippen molar-refractivity contribution in [3.05, 3.63) is 58.1 Å². The van der Waals surface area contributed by atoms with Gasteiger partial charge in [0.1, 0.15) is 5.75 Å². The normalized spacial score (nSPS) is 14.6. The Hall–Kier alpha value is -1.58. The standard InChI is InChI=1S/C28H40F3O2P/c1-9-10-11-14-27(7,34-24-13-12-19(2)15-22(24)28(29,30)31)23-17-21(26(4,5)6)16-20(3)25(23)33-18-32-8/h12-13,15-17,34H,9-11,14,18H2,1-8H3. The van der Waals surface area contributed by atoms with Gasteiger partial charge in [0, 0.05) is 17.8 Å². The van der Waals surface area contributed by atoms with Crippen molar-refractivity contribution in [3.8, 4) is 5.75 Å². The average molecular weight is 497 g/mol. The number of hydrogen-bond acceptors (Lipinski definition) is 2. The number of ether oxygens (including phenoxy) is 2. The van der Waals surface area contributed by atoms with Crippen molar-refractivity contribution in [1.82, 2.24) is 0 Å². The smallest absolute Gasteiger partial charge is 0.417 e. The van der Waals surface area contributed by atoms with Gasteiger partial charge in [0.05, 0.1) is 5.56 Å². The number of hydrogen-bond donors (Lipinski definition) is 0. The van der Waals surface area contributed by atoms with Crippen LogP contribution >= 0.6 is 8.58 Å². The van der Waals surface area contributed by atoms with E-state index in [-0.39, 0.29) is 20.8 Å². The summed E-state index contributed by atoms with van der Waals surface area (Å²) >= 11 is 0. The van der Waals surface area contributed by atoms with E-state index in [1.807, 2.05) is 6.92 Å². The molecule has 190 valence electrons. The van der Waals surface area contributed by atoms with Gasteiger partial charge in [0.2, 0.25) is 0 Å². The first-order valence-electron chi connectivity index (χ1n) is 12.0. The third-order valence-electron chi connectivity index (χ3n) is 6.23. The molecule has 0 radical (unpaired) electrons. The lowest BCUT2D eigenvalue weighted by molar-refractivity contribution is -0.136. The Morgan fingerprint density at radius 3 is 2.15 bits per heavy atom. The van der Waals surface area contributed by atoms with Crippen molar-refractivity contribution in [1.29, 1.82) is 0 Å². The largest absolute Gasteiger partial charge is 0.467 e. The minimum absolute atomic E-state index is 0.0572.